The molecule has 0 saturated carbocycles. The summed E-state index contributed by atoms with van der Waals surface area (Å²) in [7, 11) is 0. The van der Waals surface area contributed by atoms with Gasteiger partial charge in [-0.1, -0.05) is 44.7 Å². The third-order valence-electron chi connectivity index (χ3n) is 4.66. The number of halogens is 1. The number of nitrogens with zero attached hydrogens (tertiary/aromatic N) is 3. The van der Waals surface area contributed by atoms with Gasteiger partial charge < -0.3 is 5.32 Å². The highest BCUT2D eigenvalue weighted by molar-refractivity contribution is 5.75. The van der Waals surface area contributed by atoms with Crippen LogP contribution in [0.3, 0.4) is 0 Å². The minimum atomic E-state index is -0.230. The maximum absolute atomic E-state index is 13.1. The van der Waals surface area contributed by atoms with Crippen LogP contribution in [0.2, 0.25) is 0 Å². The number of H-pyrrole nitrogens is 1. The van der Waals surface area contributed by atoms with Gasteiger partial charge in [0.1, 0.15) is 11.6 Å². The summed E-state index contributed by atoms with van der Waals surface area (Å²) >= 11 is 0. The molecule has 0 saturated heterocycles. The second-order valence-corrected chi connectivity index (χ2v) is 7.36. The van der Waals surface area contributed by atoms with Crippen LogP contribution in [0, 0.1) is 12.7 Å². The summed E-state index contributed by atoms with van der Waals surface area (Å²) in [6.45, 7) is 10.8. The molecule has 144 valence electrons. The Labute approximate surface area is 164 Å². The van der Waals surface area contributed by atoms with Gasteiger partial charge in [-0.2, -0.15) is 5.10 Å². The fourth-order valence-electron chi connectivity index (χ4n) is 2.72. The minimum Gasteiger partial charge on any atom is -0.368 e. The Kier molecular flexibility index (Phi) is 5.68. The monoisotopic (exact) mass is 377 g/mol. The molecule has 0 aliphatic carbocycles. The molecule has 1 aromatic carbocycles. The van der Waals surface area contributed by atoms with E-state index in [1.54, 1.807) is 6.20 Å². The predicted octanol–water partition coefficient (Wildman–Crippen LogP) is 4.76. The smallest absolute Gasteiger partial charge is 0.148 e. The Bertz CT molecular complexity index is 969. The Morgan fingerprint density at radius 2 is 1.93 bits per heavy atom. The molecule has 0 aliphatic rings. The molecule has 0 aliphatic heterocycles. The lowest BCUT2D eigenvalue weighted by Crippen LogP contribution is -2.28. The first-order valence-electron chi connectivity index (χ1n) is 9.06. The van der Waals surface area contributed by atoms with E-state index in [0.717, 1.165) is 22.4 Å². The second kappa shape index (κ2) is 8.17. The van der Waals surface area contributed by atoms with E-state index in [1.165, 1.54) is 12.1 Å². The van der Waals surface area contributed by atoms with Gasteiger partial charge in [0.25, 0.3) is 0 Å². The lowest BCUT2D eigenvalue weighted by Gasteiger charge is -2.25. The summed E-state index contributed by atoms with van der Waals surface area (Å²) < 4.78 is 13.1. The molecule has 3 aromatic rings. The molecular weight excluding hydrogens is 353 g/mol. The number of aromatic nitrogens is 4. The maximum Gasteiger partial charge on any atom is 0.148 e. The summed E-state index contributed by atoms with van der Waals surface area (Å²) in [5, 5.41) is 18.7. The van der Waals surface area contributed by atoms with Crippen molar-refractivity contribution in [3.8, 4) is 0 Å². The number of hydrogen-bond acceptors (Lipinski definition) is 4. The van der Waals surface area contributed by atoms with Gasteiger partial charge in [0.2, 0.25) is 0 Å². The highest BCUT2D eigenvalue weighted by atomic mass is 19.1. The zero-order chi connectivity index (χ0) is 20.1. The van der Waals surface area contributed by atoms with Crippen molar-refractivity contribution in [1.82, 2.24) is 20.4 Å². The SMILES string of the molecule is C=C(/C=C\c1cn[nH]c1C)c1ccc(NCC(C)(C)c2ccc(F)cc2)nn1. The topological polar surface area (TPSA) is 66.5 Å². The van der Waals surface area contributed by atoms with Crippen molar-refractivity contribution in [2.45, 2.75) is 26.2 Å². The number of hydrogen-bond donors (Lipinski definition) is 2. The maximum atomic E-state index is 13.1. The van der Waals surface area contributed by atoms with E-state index in [9.17, 15) is 4.39 Å². The average molecular weight is 377 g/mol. The van der Waals surface area contributed by atoms with E-state index in [0.29, 0.717) is 18.1 Å². The molecule has 0 radical (unpaired) electrons. The van der Waals surface area contributed by atoms with Crippen molar-refractivity contribution in [3.63, 3.8) is 0 Å². The molecule has 2 N–H and O–H groups in total. The lowest BCUT2D eigenvalue weighted by molar-refractivity contribution is 0.552. The Morgan fingerprint density at radius 3 is 2.54 bits per heavy atom. The molecule has 0 amide bonds. The average Bonchev–Trinajstić information content (AvgIpc) is 3.10. The van der Waals surface area contributed by atoms with Crippen molar-refractivity contribution in [2.24, 2.45) is 0 Å². The van der Waals surface area contributed by atoms with Crippen LogP contribution in [0.4, 0.5) is 10.2 Å². The van der Waals surface area contributed by atoms with Gasteiger partial charge in [0.15, 0.2) is 0 Å². The first-order chi connectivity index (χ1) is 13.3. The number of anilines is 1. The standard InChI is InChI=1S/C22H24FN5/c1-15(5-6-17-13-25-26-16(17)2)20-11-12-21(28-27-20)24-14-22(3,4)18-7-9-19(23)10-8-18/h5-13H,1,14H2,2-4H3,(H,24,28)(H,25,26)/b6-5-. The normalized spacial score (nSPS) is 11.7. The largest absolute Gasteiger partial charge is 0.368 e. The van der Waals surface area contributed by atoms with Gasteiger partial charge in [-0.05, 0) is 42.3 Å². The van der Waals surface area contributed by atoms with Gasteiger partial charge in [0, 0.05) is 23.2 Å². The Balaban J connectivity index is 1.61. The number of aromatic amines is 1. The van der Waals surface area contributed by atoms with Crippen LogP contribution < -0.4 is 5.32 Å². The molecule has 6 heteroatoms. The van der Waals surface area contributed by atoms with Crippen LogP contribution >= 0.6 is 0 Å². The number of benzene rings is 1. The second-order valence-electron chi connectivity index (χ2n) is 7.36. The molecule has 0 unspecified atom stereocenters. The van der Waals surface area contributed by atoms with Crippen molar-refractivity contribution < 1.29 is 4.39 Å². The molecule has 0 atom stereocenters. The first kappa shape index (κ1) is 19.5. The van der Waals surface area contributed by atoms with Gasteiger partial charge in [-0.15, -0.1) is 10.2 Å². The Hall–Kier alpha value is -3.28. The molecule has 2 aromatic heterocycles. The van der Waals surface area contributed by atoms with Gasteiger partial charge in [-0.3, -0.25) is 5.10 Å². The third-order valence-corrected chi connectivity index (χ3v) is 4.66. The summed E-state index contributed by atoms with van der Waals surface area (Å²) in [5.74, 6) is 0.451. The summed E-state index contributed by atoms with van der Waals surface area (Å²) in [6.07, 6.45) is 5.60. The van der Waals surface area contributed by atoms with Crippen LogP contribution in [-0.2, 0) is 5.41 Å². The summed E-state index contributed by atoms with van der Waals surface area (Å²) in [6, 6.07) is 10.3. The van der Waals surface area contributed by atoms with Crippen LogP contribution in [0.15, 0.2) is 55.3 Å². The zero-order valence-electron chi connectivity index (χ0n) is 16.3. The molecule has 3 rings (SSSR count). The van der Waals surface area contributed by atoms with Crippen LogP contribution in [-0.4, -0.2) is 26.9 Å². The van der Waals surface area contributed by atoms with E-state index in [4.69, 9.17) is 0 Å². The van der Waals surface area contributed by atoms with Crippen molar-refractivity contribution >= 4 is 17.5 Å². The van der Waals surface area contributed by atoms with Crippen molar-refractivity contribution in [3.05, 3.63) is 83.6 Å². The van der Waals surface area contributed by atoms with E-state index in [-0.39, 0.29) is 11.2 Å². The fourth-order valence-corrected chi connectivity index (χ4v) is 2.72. The molecule has 0 fully saturated rings. The molecular formula is C22H24FN5. The molecule has 0 bridgehead atoms. The lowest BCUT2D eigenvalue weighted by atomic mass is 9.84. The highest BCUT2D eigenvalue weighted by Crippen LogP contribution is 2.24. The fraction of sp³-hybridized carbons (Fsp3) is 0.227. The zero-order valence-corrected chi connectivity index (χ0v) is 16.3. The van der Waals surface area contributed by atoms with Crippen LogP contribution in [0.5, 0.6) is 0 Å². The molecule has 5 nitrogen and oxygen atoms in total. The van der Waals surface area contributed by atoms with Crippen molar-refractivity contribution in [1.29, 1.82) is 0 Å². The van der Waals surface area contributed by atoms with Crippen LogP contribution in [0.25, 0.3) is 11.6 Å². The highest BCUT2D eigenvalue weighted by Gasteiger charge is 2.20. The van der Waals surface area contributed by atoms with Gasteiger partial charge in [0.05, 0.1) is 11.9 Å². The minimum absolute atomic E-state index is 0.178. The van der Waals surface area contributed by atoms with Gasteiger partial charge in [-0.25, -0.2) is 4.39 Å². The third kappa shape index (κ3) is 4.71. The first-order valence-corrected chi connectivity index (χ1v) is 9.06. The van der Waals surface area contributed by atoms with E-state index in [1.807, 2.05) is 43.3 Å². The number of rotatable bonds is 7. The predicted molar refractivity (Wildman–Crippen MR) is 111 cm³/mol. The summed E-state index contributed by atoms with van der Waals surface area (Å²) in [4.78, 5) is 0. The number of allylic oxidation sites excluding steroid dienone is 2. The van der Waals surface area contributed by atoms with Gasteiger partial charge >= 0.3 is 0 Å². The van der Waals surface area contributed by atoms with Crippen LogP contribution in [0.1, 0.15) is 36.4 Å². The quantitative estimate of drug-likeness (QED) is 0.583. The number of nitrogens with one attached hydrogen (secondary N) is 2. The summed E-state index contributed by atoms with van der Waals surface area (Å²) in [5.41, 5.74) is 4.36. The van der Waals surface area contributed by atoms with E-state index < -0.39 is 0 Å². The number of aryl methyl sites for hydroxylation is 1. The van der Waals surface area contributed by atoms with E-state index >= 15 is 0 Å². The molecule has 28 heavy (non-hydrogen) atoms. The molecule has 2 heterocycles. The van der Waals surface area contributed by atoms with E-state index in [2.05, 4.69) is 46.1 Å². The van der Waals surface area contributed by atoms with Crippen molar-refractivity contribution in [2.75, 3.05) is 11.9 Å². The molecule has 0 spiro atoms. The Morgan fingerprint density at radius 1 is 1.18 bits per heavy atom.